The number of ketones is 1. The Kier molecular flexibility index (Phi) is 13.2. The number of likely N-dealkylation sites (tertiary alicyclic amines) is 1. The third-order valence-electron chi connectivity index (χ3n) is 12.5. The number of aromatic nitrogens is 2. The number of nitrogens with zero attached hydrogens (tertiary/aromatic N) is 5. The van der Waals surface area contributed by atoms with E-state index in [-0.39, 0.29) is 29.8 Å². The Morgan fingerprint density at radius 1 is 0.922 bits per heavy atom. The van der Waals surface area contributed by atoms with E-state index in [9.17, 15) is 27.6 Å². The van der Waals surface area contributed by atoms with Crippen LogP contribution in [0, 0.1) is 11.6 Å². The number of fused-ring (bicyclic) bond motifs is 1. The lowest BCUT2D eigenvalue weighted by Crippen LogP contribution is -2.50. The summed E-state index contributed by atoms with van der Waals surface area (Å²) in [6.07, 6.45) is 5.55. The van der Waals surface area contributed by atoms with Gasteiger partial charge in [0.15, 0.2) is 5.82 Å². The Balaban J connectivity index is 0.855. The summed E-state index contributed by atoms with van der Waals surface area (Å²) >= 11 is 0. The molecule has 5 aromatic rings. The molecule has 8 rings (SSSR count). The molecule has 0 bridgehead atoms. The zero-order valence-corrected chi connectivity index (χ0v) is 36.5. The third-order valence-corrected chi connectivity index (χ3v) is 14.1. The smallest absolute Gasteiger partial charge is 0.301 e. The molecule has 3 saturated heterocycles. The number of piperidine rings is 2. The fourth-order valence-electron chi connectivity index (χ4n) is 8.62. The van der Waals surface area contributed by atoms with Gasteiger partial charge in [-0.05, 0) is 72.2 Å². The highest BCUT2D eigenvalue weighted by Crippen LogP contribution is 2.33. The molecule has 3 aliphatic rings. The third kappa shape index (κ3) is 9.69. The molecule has 0 spiro atoms. The number of benzene rings is 3. The second-order valence-electron chi connectivity index (χ2n) is 16.6. The van der Waals surface area contributed by atoms with E-state index in [4.69, 9.17) is 0 Å². The number of amides is 3. The first kappa shape index (κ1) is 44.5. The van der Waals surface area contributed by atoms with Crippen molar-refractivity contribution in [3.8, 4) is 11.1 Å². The van der Waals surface area contributed by atoms with Crippen molar-refractivity contribution in [3.05, 3.63) is 113 Å². The number of halogens is 2. The Bertz CT molecular complexity index is 2680. The van der Waals surface area contributed by atoms with Crippen molar-refractivity contribution >= 4 is 56.1 Å². The van der Waals surface area contributed by atoms with Crippen LogP contribution < -0.4 is 15.4 Å². The van der Waals surface area contributed by atoms with Gasteiger partial charge in [-0.3, -0.25) is 39.0 Å². The minimum Gasteiger partial charge on any atom is -0.374 e. The van der Waals surface area contributed by atoms with Gasteiger partial charge >= 0.3 is 10.2 Å². The quantitative estimate of drug-likeness (QED) is 0.0867. The van der Waals surface area contributed by atoms with Crippen LogP contribution in [0.4, 0.5) is 20.2 Å². The van der Waals surface area contributed by atoms with Crippen LogP contribution in [0.25, 0.3) is 22.2 Å². The van der Waals surface area contributed by atoms with E-state index in [1.807, 2.05) is 41.3 Å². The highest BCUT2D eigenvalue weighted by atomic mass is 32.2. The van der Waals surface area contributed by atoms with Crippen LogP contribution in [0.2, 0.25) is 0 Å². The first-order chi connectivity index (χ1) is 30.8. The van der Waals surface area contributed by atoms with Crippen molar-refractivity contribution in [1.29, 1.82) is 0 Å². The minimum absolute atomic E-state index is 0.0202. The second kappa shape index (κ2) is 18.9. The molecule has 64 heavy (non-hydrogen) atoms. The van der Waals surface area contributed by atoms with Gasteiger partial charge in [0.2, 0.25) is 23.5 Å². The van der Waals surface area contributed by atoms with Crippen molar-refractivity contribution in [2.45, 2.75) is 51.1 Å². The molecule has 15 nitrogen and oxygen atoms in total. The van der Waals surface area contributed by atoms with E-state index in [1.54, 1.807) is 19.2 Å². The summed E-state index contributed by atoms with van der Waals surface area (Å²) in [6.45, 7) is 7.06. The van der Waals surface area contributed by atoms with E-state index >= 15 is 8.78 Å². The van der Waals surface area contributed by atoms with Gasteiger partial charge in [0.05, 0.1) is 17.8 Å². The van der Waals surface area contributed by atoms with E-state index < -0.39 is 44.9 Å². The Hall–Kier alpha value is -6.08. The summed E-state index contributed by atoms with van der Waals surface area (Å²) in [7, 11) is -2.84. The standard InChI is InChI=1S/C46H51F2N9O6S/c1-3-54(2)64(62,63)53-38-13-12-37(47)42(43(38)48)44(60)36-26-50-45-35(36)24-32(25-49-45)34-7-5-4-6-31(34)27-55-20-22-56(23-21-55)28-41(59)57-18-16-30(17-19-57)29-8-10-33(11-9-29)51-39-14-15-40(58)52-46(39)61/h4-13,24-26,30,39,51,53H,3,14-23,27-28H2,1-2H3,(H,49,50)(H,52,58,61). The van der Waals surface area contributed by atoms with Crippen molar-refractivity contribution < 1.29 is 36.4 Å². The molecule has 1 unspecified atom stereocenters. The molecule has 4 N–H and O–H groups in total. The Labute approximate surface area is 370 Å². The molecule has 2 aromatic heterocycles. The predicted molar refractivity (Wildman–Crippen MR) is 239 cm³/mol. The van der Waals surface area contributed by atoms with Crippen LogP contribution in [0.3, 0.4) is 0 Å². The van der Waals surface area contributed by atoms with Gasteiger partial charge in [-0.25, -0.2) is 13.8 Å². The van der Waals surface area contributed by atoms with Crippen LogP contribution in [0.1, 0.15) is 65.6 Å². The maximum absolute atomic E-state index is 15.7. The molecule has 0 saturated carbocycles. The van der Waals surface area contributed by atoms with E-state index in [0.29, 0.717) is 61.5 Å². The largest absolute Gasteiger partial charge is 0.374 e. The molecule has 3 aliphatic heterocycles. The van der Waals surface area contributed by atoms with Crippen molar-refractivity contribution in [1.82, 2.24) is 34.3 Å². The molecule has 3 aromatic carbocycles. The number of H-pyrrole nitrogens is 1. The van der Waals surface area contributed by atoms with E-state index in [0.717, 1.165) is 72.3 Å². The average Bonchev–Trinajstić information content (AvgIpc) is 3.73. The molecular formula is C46H51F2N9O6S. The summed E-state index contributed by atoms with van der Waals surface area (Å²) in [5.74, 6) is -3.49. The van der Waals surface area contributed by atoms with Gasteiger partial charge < -0.3 is 15.2 Å². The fraction of sp³-hybridized carbons (Fsp3) is 0.370. The first-order valence-electron chi connectivity index (χ1n) is 21.5. The topological polar surface area (TPSA) is 180 Å². The van der Waals surface area contributed by atoms with Gasteiger partial charge in [0.25, 0.3) is 0 Å². The average molecular weight is 896 g/mol. The maximum Gasteiger partial charge on any atom is 0.301 e. The second-order valence-corrected chi connectivity index (χ2v) is 18.4. The number of imide groups is 1. The minimum atomic E-state index is -4.15. The number of aromatic amines is 1. The lowest BCUT2D eigenvalue weighted by molar-refractivity contribution is -0.134. The van der Waals surface area contributed by atoms with Crippen LogP contribution in [0.15, 0.2) is 79.1 Å². The van der Waals surface area contributed by atoms with Gasteiger partial charge in [0, 0.05) is 100 Å². The predicted octanol–water partition coefficient (Wildman–Crippen LogP) is 5.09. The fourth-order valence-corrected chi connectivity index (χ4v) is 9.55. The van der Waals surface area contributed by atoms with Crippen molar-refractivity contribution in [2.24, 2.45) is 0 Å². The van der Waals surface area contributed by atoms with Gasteiger partial charge in [-0.15, -0.1) is 0 Å². The summed E-state index contributed by atoms with van der Waals surface area (Å²) in [5, 5.41) is 5.95. The Morgan fingerprint density at radius 2 is 1.64 bits per heavy atom. The normalized spacial score (nSPS) is 18.1. The number of carbonyl (C=O) groups excluding carboxylic acids is 4. The highest BCUT2D eigenvalue weighted by Gasteiger charge is 2.30. The van der Waals surface area contributed by atoms with Gasteiger partial charge in [-0.1, -0.05) is 43.3 Å². The number of piperazine rings is 1. The molecule has 18 heteroatoms. The summed E-state index contributed by atoms with van der Waals surface area (Å²) < 4.78 is 59.1. The summed E-state index contributed by atoms with van der Waals surface area (Å²) in [5.41, 5.74) is 3.52. The number of pyridine rings is 1. The molecule has 0 aliphatic carbocycles. The molecule has 0 radical (unpaired) electrons. The number of carbonyl (C=O) groups is 4. The van der Waals surface area contributed by atoms with Crippen LogP contribution >= 0.6 is 0 Å². The zero-order chi connectivity index (χ0) is 45.1. The first-order valence-corrected chi connectivity index (χ1v) is 23.0. The lowest BCUT2D eigenvalue weighted by atomic mass is 9.89. The monoisotopic (exact) mass is 895 g/mol. The van der Waals surface area contributed by atoms with Gasteiger partial charge in [-0.2, -0.15) is 12.7 Å². The molecular weight excluding hydrogens is 845 g/mol. The summed E-state index contributed by atoms with van der Waals surface area (Å²) in [6, 6.07) is 19.1. The van der Waals surface area contributed by atoms with Crippen LogP contribution in [-0.4, -0.2) is 126 Å². The highest BCUT2D eigenvalue weighted by molar-refractivity contribution is 7.90. The summed E-state index contributed by atoms with van der Waals surface area (Å²) in [4.78, 5) is 64.8. The van der Waals surface area contributed by atoms with Crippen molar-refractivity contribution in [3.63, 3.8) is 0 Å². The van der Waals surface area contributed by atoms with Crippen LogP contribution in [0.5, 0.6) is 0 Å². The molecule has 336 valence electrons. The number of hydrogen-bond donors (Lipinski definition) is 4. The number of anilines is 2. The molecule has 3 fully saturated rings. The maximum atomic E-state index is 15.7. The molecule has 3 amide bonds. The Morgan fingerprint density at radius 3 is 2.36 bits per heavy atom. The SMILES string of the molecule is CCN(C)S(=O)(=O)Nc1ccc(F)c(C(=O)c2c[nH]c3ncc(-c4ccccc4CN4CCN(CC(=O)N5CCC(c6ccc(NC7CCC(=O)NC7=O)cc6)CC5)CC4)cc23)c1F. The number of nitrogens with one attached hydrogen (secondary N) is 4. The number of rotatable bonds is 14. The van der Waals surface area contributed by atoms with Crippen LogP contribution in [-0.2, 0) is 31.1 Å². The number of hydrogen-bond acceptors (Lipinski definition) is 10. The van der Waals surface area contributed by atoms with Crippen molar-refractivity contribution in [2.75, 3.05) is 69.4 Å². The lowest BCUT2D eigenvalue weighted by Gasteiger charge is -2.37. The molecule has 5 heterocycles. The zero-order valence-electron chi connectivity index (χ0n) is 35.7. The van der Waals surface area contributed by atoms with Gasteiger partial charge in [0.1, 0.15) is 17.5 Å². The molecule has 1 atom stereocenters. The van der Waals surface area contributed by atoms with E-state index in [2.05, 4.69) is 47.3 Å². The van der Waals surface area contributed by atoms with E-state index in [1.165, 1.54) is 18.8 Å².